The van der Waals surface area contributed by atoms with Crippen molar-refractivity contribution in [2.24, 2.45) is 0 Å². The van der Waals surface area contributed by atoms with E-state index in [1.807, 2.05) is 21.1 Å². The fraction of sp³-hybridized carbons (Fsp3) is 0.917. The lowest BCUT2D eigenvalue weighted by atomic mass is 10.0. The van der Waals surface area contributed by atoms with Gasteiger partial charge < -0.3 is 27.9 Å². The lowest BCUT2D eigenvalue weighted by Crippen LogP contribution is -2.37. The molecule has 0 amide bonds. The van der Waals surface area contributed by atoms with Crippen LogP contribution in [0.2, 0.25) is 0 Å². The molecule has 0 aliphatic rings. The highest BCUT2D eigenvalue weighted by molar-refractivity contribution is 7.45. The molecule has 58 heavy (non-hydrogen) atoms. The van der Waals surface area contributed by atoms with Crippen LogP contribution in [-0.2, 0) is 32.7 Å². The van der Waals surface area contributed by atoms with E-state index in [4.69, 9.17) is 18.5 Å². The third-order valence-electron chi connectivity index (χ3n) is 10.8. The zero-order valence-electron chi connectivity index (χ0n) is 38.8. The van der Waals surface area contributed by atoms with Crippen LogP contribution in [-0.4, -0.2) is 70.0 Å². The van der Waals surface area contributed by atoms with Crippen molar-refractivity contribution >= 4 is 19.8 Å². The van der Waals surface area contributed by atoms with Crippen LogP contribution in [0.4, 0.5) is 0 Å². The number of phosphoric ester groups is 1. The number of hydrogen-bond donors (Lipinski definition) is 0. The van der Waals surface area contributed by atoms with Crippen LogP contribution in [0.15, 0.2) is 12.2 Å². The highest BCUT2D eigenvalue weighted by atomic mass is 31.2. The van der Waals surface area contributed by atoms with Gasteiger partial charge in [-0.05, 0) is 38.5 Å². The van der Waals surface area contributed by atoms with Crippen LogP contribution in [0.25, 0.3) is 0 Å². The second-order valence-corrected chi connectivity index (χ2v) is 19.2. The Bertz CT molecular complexity index is 1000. The number of hydrogen-bond acceptors (Lipinski definition) is 8. The number of quaternary nitrogens is 1. The molecule has 0 aliphatic carbocycles. The molecule has 0 aliphatic heterocycles. The van der Waals surface area contributed by atoms with E-state index in [2.05, 4.69) is 26.0 Å². The van der Waals surface area contributed by atoms with Crippen molar-refractivity contribution in [1.29, 1.82) is 0 Å². The molecule has 0 aromatic heterocycles. The molecule has 1 unspecified atom stereocenters. The number of ether oxygens (including phenoxy) is 2. The van der Waals surface area contributed by atoms with E-state index in [9.17, 15) is 19.0 Å². The van der Waals surface area contributed by atoms with Crippen molar-refractivity contribution < 1.29 is 42.1 Å². The molecule has 0 saturated carbocycles. The Labute approximate surface area is 358 Å². The van der Waals surface area contributed by atoms with Gasteiger partial charge in [0.15, 0.2) is 6.10 Å². The number of nitrogens with zero attached hydrogens (tertiary/aromatic N) is 1. The molecule has 2 atom stereocenters. The number of carbonyl (C=O) groups excluding carboxylic acids is 2. The minimum atomic E-state index is -4.62. The van der Waals surface area contributed by atoms with E-state index < -0.39 is 26.5 Å². The minimum Gasteiger partial charge on any atom is -0.756 e. The maximum absolute atomic E-state index is 12.7. The van der Waals surface area contributed by atoms with E-state index in [1.54, 1.807) is 0 Å². The van der Waals surface area contributed by atoms with Gasteiger partial charge >= 0.3 is 11.9 Å². The van der Waals surface area contributed by atoms with Gasteiger partial charge in [-0.15, -0.1) is 0 Å². The topological polar surface area (TPSA) is 111 Å². The Kier molecular flexibility index (Phi) is 40.2. The van der Waals surface area contributed by atoms with Crippen molar-refractivity contribution in [3.05, 3.63) is 12.2 Å². The predicted octanol–water partition coefficient (Wildman–Crippen LogP) is 13.5. The van der Waals surface area contributed by atoms with Gasteiger partial charge in [-0.2, -0.15) is 0 Å². The molecule has 0 fully saturated rings. The monoisotopic (exact) mass is 844 g/mol. The molecule has 0 aromatic carbocycles. The molecule has 0 saturated heterocycles. The fourth-order valence-corrected chi connectivity index (χ4v) is 7.67. The van der Waals surface area contributed by atoms with Crippen LogP contribution in [0.3, 0.4) is 0 Å². The fourth-order valence-electron chi connectivity index (χ4n) is 6.95. The summed E-state index contributed by atoms with van der Waals surface area (Å²) in [6, 6.07) is 0. The molecule has 0 rings (SSSR count). The SMILES string of the molecule is CCCCCC/C=C/CCCCCCCCCC(=O)OC[C@H](COP(=O)([O-])OCC[N+](C)(C)C)OC(=O)CCCCCCCCCCCCCCCCCCCCC. The molecule has 0 aromatic rings. The van der Waals surface area contributed by atoms with E-state index in [-0.39, 0.29) is 32.0 Å². The Morgan fingerprint density at radius 1 is 0.517 bits per heavy atom. The Hall–Kier alpha value is -1.25. The molecule has 0 heterocycles. The summed E-state index contributed by atoms with van der Waals surface area (Å²) in [7, 11) is 1.18. The zero-order valence-corrected chi connectivity index (χ0v) is 39.7. The highest BCUT2D eigenvalue weighted by Crippen LogP contribution is 2.38. The van der Waals surface area contributed by atoms with Crippen LogP contribution >= 0.6 is 7.82 Å². The smallest absolute Gasteiger partial charge is 0.306 e. The first-order valence-electron chi connectivity index (χ1n) is 24.4. The normalized spacial score (nSPS) is 13.6. The molecule has 0 N–H and O–H groups in total. The first-order chi connectivity index (χ1) is 28.0. The molecule has 0 spiro atoms. The number of unbranched alkanes of at least 4 members (excludes halogenated alkanes) is 29. The summed E-state index contributed by atoms with van der Waals surface area (Å²) < 4.78 is 34.0. The number of phosphoric acid groups is 1. The maximum Gasteiger partial charge on any atom is 0.306 e. The molecule has 344 valence electrons. The predicted molar refractivity (Wildman–Crippen MR) is 241 cm³/mol. The average molecular weight is 844 g/mol. The van der Waals surface area contributed by atoms with Gasteiger partial charge in [0.05, 0.1) is 27.7 Å². The third-order valence-corrected chi connectivity index (χ3v) is 11.7. The van der Waals surface area contributed by atoms with E-state index in [0.717, 1.165) is 44.9 Å². The van der Waals surface area contributed by atoms with Gasteiger partial charge in [-0.3, -0.25) is 14.2 Å². The minimum absolute atomic E-state index is 0.0281. The van der Waals surface area contributed by atoms with Gasteiger partial charge in [0.25, 0.3) is 7.82 Å². The number of likely N-dealkylation sites (N-methyl/N-ethyl adjacent to an activating group) is 1. The second kappa shape index (κ2) is 41.1. The number of carbonyl (C=O) groups is 2. The number of rotatable bonds is 45. The molecule has 10 heteroatoms. The Morgan fingerprint density at radius 2 is 0.879 bits per heavy atom. The van der Waals surface area contributed by atoms with Crippen LogP contribution in [0.5, 0.6) is 0 Å². The van der Waals surface area contributed by atoms with Gasteiger partial charge in [-0.25, -0.2) is 0 Å². The number of allylic oxidation sites excluding steroid dienone is 2. The molecular formula is C48H94NO8P. The lowest BCUT2D eigenvalue weighted by Gasteiger charge is -2.28. The van der Waals surface area contributed by atoms with Gasteiger partial charge in [0.1, 0.15) is 19.8 Å². The van der Waals surface area contributed by atoms with Crippen LogP contribution < -0.4 is 4.89 Å². The van der Waals surface area contributed by atoms with Crippen molar-refractivity contribution in [3.8, 4) is 0 Å². The van der Waals surface area contributed by atoms with Gasteiger partial charge in [0, 0.05) is 12.8 Å². The molecule has 9 nitrogen and oxygen atoms in total. The van der Waals surface area contributed by atoms with E-state index >= 15 is 0 Å². The average Bonchev–Trinajstić information content (AvgIpc) is 3.17. The van der Waals surface area contributed by atoms with Crippen molar-refractivity contribution in [3.63, 3.8) is 0 Å². The van der Waals surface area contributed by atoms with Crippen LogP contribution in [0.1, 0.15) is 232 Å². The van der Waals surface area contributed by atoms with E-state index in [1.165, 1.54) is 154 Å². The van der Waals surface area contributed by atoms with Crippen molar-refractivity contribution in [2.75, 3.05) is 47.5 Å². The zero-order chi connectivity index (χ0) is 42.8. The quantitative estimate of drug-likeness (QED) is 0.0196. The summed E-state index contributed by atoms with van der Waals surface area (Å²) in [5, 5.41) is 0. The molecular weight excluding hydrogens is 750 g/mol. The Balaban J connectivity index is 4.25. The summed E-state index contributed by atoms with van der Waals surface area (Å²) in [4.78, 5) is 37.6. The summed E-state index contributed by atoms with van der Waals surface area (Å²) >= 11 is 0. The standard InChI is InChI=1S/C48H94NO8P/c1-6-8-10-12-14-16-18-20-22-23-24-25-27-29-31-33-35-37-39-41-48(51)57-46(45-56-58(52,53)55-43-42-49(3,4)5)44-54-47(50)40-38-36-34-32-30-28-26-21-19-17-15-13-11-9-7-2/h17,19,46H,6-16,18,20-45H2,1-5H3/b19-17+/t46-/m1/s1. The highest BCUT2D eigenvalue weighted by Gasteiger charge is 2.21. The lowest BCUT2D eigenvalue weighted by molar-refractivity contribution is -0.870. The van der Waals surface area contributed by atoms with Crippen LogP contribution in [0, 0.1) is 0 Å². The van der Waals surface area contributed by atoms with Gasteiger partial charge in [0.2, 0.25) is 0 Å². The molecule has 0 radical (unpaired) electrons. The largest absolute Gasteiger partial charge is 0.756 e. The van der Waals surface area contributed by atoms with Gasteiger partial charge in [-0.1, -0.05) is 193 Å². The first kappa shape index (κ1) is 56.8. The van der Waals surface area contributed by atoms with Crippen molar-refractivity contribution in [1.82, 2.24) is 0 Å². The molecule has 0 bridgehead atoms. The number of esters is 2. The third kappa shape index (κ3) is 44.3. The first-order valence-corrected chi connectivity index (χ1v) is 25.9. The Morgan fingerprint density at radius 3 is 1.29 bits per heavy atom. The summed E-state index contributed by atoms with van der Waals surface area (Å²) in [6.07, 6.45) is 43.8. The summed E-state index contributed by atoms with van der Waals surface area (Å²) in [5.41, 5.74) is 0. The summed E-state index contributed by atoms with van der Waals surface area (Å²) in [5.74, 6) is -0.826. The summed E-state index contributed by atoms with van der Waals surface area (Å²) in [6.45, 7) is 4.25. The second-order valence-electron chi connectivity index (χ2n) is 17.8. The van der Waals surface area contributed by atoms with Crippen molar-refractivity contribution in [2.45, 2.75) is 238 Å². The van der Waals surface area contributed by atoms with E-state index in [0.29, 0.717) is 17.4 Å². The maximum atomic E-state index is 12.7.